The highest BCUT2D eigenvalue weighted by Crippen LogP contribution is 2.34. The van der Waals surface area contributed by atoms with E-state index in [0.29, 0.717) is 4.83 Å². The number of hydrogen-bond acceptors (Lipinski definition) is 0. The van der Waals surface area contributed by atoms with Crippen molar-refractivity contribution < 1.29 is 0 Å². The summed E-state index contributed by atoms with van der Waals surface area (Å²) < 4.78 is 0. The van der Waals surface area contributed by atoms with E-state index in [4.69, 9.17) is 0 Å². The van der Waals surface area contributed by atoms with Crippen molar-refractivity contribution in [3.05, 3.63) is 35.4 Å². The fourth-order valence-corrected chi connectivity index (χ4v) is 2.78. The smallest absolute Gasteiger partial charge is 0.0367 e. The fraction of sp³-hybridized carbons (Fsp3) is 0.571. The minimum absolute atomic E-state index is 0.473. The Morgan fingerprint density at radius 1 is 1.20 bits per heavy atom. The van der Waals surface area contributed by atoms with Crippen LogP contribution in [0.2, 0.25) is 0 Å². The predicted octanol–water partition coefficient (Wildman–Crippen LogP) is 5.19. The Labute approximate surface area is 101 Å². The van der Waals surface area contributed by atoms with Gasteiger partial charge in [-0.15, -0.1) is 0 Å². The highest BCUT2D eigenvalue weighted by molar-refractivity contribution is 9.09. The molecule has 1 aromatic rings. The van der Waals surface area contributed by atoms with Crippen LogP contribution in [0.4, 0.5) is 0 Å². The van der Waals surface area contributed by atoms with Gasteiger partial charge in [-0.2, -0.15) is 0 Å². The molecule has 1 saturated carbocycles. The lowest BCUT2D eigenvalue weighted by Gasteiger charge is -2.22. The van der Waals surface area contributed by atoms with Crippen LogP contribution in [0.3, 0.4) is 0 Å². The molecule has 0 N–H and O–H groups in total. The minimum atomic E-state index is 0.473. The number of benzene rings is 1. The first kappa shape index (κ1) is 11.2. The van der Waals surface area contributed by atoms with Gasteiger partial charge in [0.2, 0.25) is 0 Å². The van der Waals surface area contributed by atoms with Crippen molar-refractivity contribution in [2.75, 3.05) is 0 Å². The van der Waals surface area contributed by atoms with Gasteiger partial charge in [-0.05, 0) is 36.8 Å². The zero-order chi connectivity index (χ0) is 10.7. The number of halogens is 1. The molecule has 1 aliphatic rings. The average Bonchev–Trinajstić information content (AvgIpc) is 2.30. The van der Waals surface area contributed by atoms with Gasteiger partial charge in [0.25, 0.3) is 0 Å². The minimum Gasteiger partial charge on any atom is -0.0842 e. The second-order valence-electron chi connectivity index (χ2n) is 4.62. The zero-order valence-corrected chi connectivity index (χ0v) is 11.0. The molecule has 1 unspecified atom stereocenters. The van der Waals surface area contributed by atoms with E-state index in [9.17, 15) is 0 Å². The molecule has 1 atom stereocenters. The summed E-state index contributed by atoms with van der Waals surface area (Å²) in [7, 11) is 0. The summed E-state index contributed by atoms with van der Waals surface area (Å²) in [6.07, 6.45) is 7.04. The van der Waals surface area contributed by atoms with Gasteiger partial charge in [-0.1, -0.05) is 59.5 Å². The third-order valence-electron chi connectivity index (χ3n) is 3.45. The molecule has 1 aliphatic carbocycles. The molecule has 0 aromatic heterocycles. The molecule has 1 fully saturated rings. The van der Waals surface area contributed by atoms with Gasteiger partial charge < -0.3 is 0 Å². The number of alkyl halides is 1. The first-order valence-electron chi connectivity index (χ1n) is 6.01. The summed E-state index contributed by atoms with van der Waals surface area (Å²) in [5, 5.41) is 0. The van der Waals surface area contributed by atoms with E-state index >= 15 is 0 Å². The van der Waals surface area contributed by atoms with Crippen LogP contribution in [0, 0.1) is 0 Å². The quantitative estimate of drug-likeness (QED) is 0.647. The lowest BCUT2D eigenvalue weighted by Crippen LogP contribution is -2.04. The third kappa shape index (κ3) is 2.84. The highest BCUT2D eigenvalue weighted by atomic mass is 79.9. The molecule has 1 heteroatoms. The average molecular weight is 267 g/mol. The van der Waals surface area contributed by atoms with Crippen LogP contribution in [0.25, 0.3) is 0 Å². The van der Waals surface area contributed by atoms with Gasteiger partial charge in [-0.25, -0.2) is 0 Å². The molecule has 1 aromatic carbocycles. The van der Waals surface area contributed by atoms with Crippen LogP contribution in [0.15, 0.2) is 24.3 Å². The Hall–Kier alpha value is -0.300. The number of hydrogen-bond donors (Lipinski definition) is 0. The van der Waals surface area contributed by atoms with Crippen molar-refractivity contribution in [1.29, 1.82) is 0 Å². The predicted molar refractivity (Wildman–Crippen MR) is 69.6 cm³/mol. The Morgan fingerprint density at radius 2 is 1.93 bits per heavy atom. The summed E-state index contributed by atoms with van der Waals surface area (Å²) in [6.45, 7) is 2.19. The highest BCUT2D eigenvalue weighted by Gasteiger charge is 2.15. The van der Waals surface area contributed by atoms with E-state index in [0.717, 1.165) is 5.92 Å². The van der Waals surface area contributed by atoms with E-state index in [-0.39, 0.29) is 0 Å². The van der Waals surface area contributed by atoms with E-state index in [1.807, 2.05) is 0 Å². The maximum absolute atomic E-state index is 3.64. The summed E-state index contributed by atoms with van der Waals surface area (Å²) in [5.74, 6) is 0.824. The van der Waals surface area contributed by atoms with Crippen LogP contribution in [0.1, 0.15) is 60.9 Å². The Bertz CT molecular complexity index is 311. The summed E-state index contributed by atoms with van der Waals surface area (Å²) in [6, 6.07) is 9.10. The molecular formula is C14H19Br. The van der Waals surface area contributed by atoms with Crippen molar-refractivity contribution in [3.63, 3.8) is 0 Å². The van der Waals surface area contributed by atoms with Gasteiger partial charge in [0, 0.05) is 4.83 Å². The van der Waals surface area contributed by atoms with Gasteiger partial charge >= 0.3 is 0 Å². The van der Waals surface area contributed by atoms with Crippen LogP contribution >= 0.6 is 15.9 Å². The Balaban J connectivity index is 2.16. The topological polar surface area (TPSA) is 0 Å². The standard InChI is InChI=1S/C14H19Br/c1-11(15)13-8-5-9-14(10-13)12-6-3-2-4-7-12/h5,8-12H,2-4,6-7H2,1H3. The lowest BCUT2D eigenvalue weighted by molar-refractivity contribution is 0.443. The first-order valence-corrected chi connectivity index (χ1v) is 6.93. The SMILES string of the molecule is CC(Br)c1cccc(C2CCCCC2)c1. The van der Waals surface area contributed by atoms with Crippen LogP contribution < -0.4 is 0 Å². The van der Waals surface area contributed by atoms with Crippen molar-refractivity contribution in [2.45, 2.75) is 49.8 Å². The molecule has 0 saturated heterocycles. The van der Waals surface area contributed by atoms with E-state index < -0.39 is 0 Å². The van der Waals surface area contributed by atoms with Gasteiger partial charge in [0.05, 0.1) is 0 Å². The largest absolute Gasteiger partial charge is 0.0842 e. The molecule has 0 aliphatic heterocycles. The van der Waals surface area contributed by atoms with Crippen molar-refractivity contribution in [3.8, 4) is 0 Å². The van der Waals surface area contributed by atoms with E-state index in [1.54, 1.807) is 5.56 Å². The summed E-state index contributed by atoms with van der Waals surface area (Å²) in [5.41, 5.74) is 2.97. The van der Waals surface area contributed by atoms with Crippen LogP contribution in [0.5, 0.6) is 0 Å². The van der Waals surface area contributed by atoms with Crippen molar-refractivity contribution >= 4 is 15.9 Å². The monoisotopic (exact) mass is 266 g/mol. The molecule has 0 nitrogen and oxygen atoms in total. The zero-order valence-electron chi connectivity index (χ0n) is 9.38. The lowest BCUT2D eigenvalue weighted by atomic mass is 9.83. The second kappa shape index (κ2) is 5.16. The van der Waals surface area contributed by atoms with E-state index in [1.165, 1.54) is 37.7 Å². The molecule has 82 valence electrons. The van der Waals surface area contributed by atoms with Gasteiger partial charge in [0.1, 0.15) is 0 Å². The number of rotatable bonds is 2. The normalized spacial score (nSPS) is 20.1. The second-order valence-corrected chi connectivity index (χ2v) is 5.99. The molecule has 0 amide bonds. The third-order valence-corrected chi connectivity index (χ3v) is 3.98. The van der Waals surface area contributed by atoms with Gasteiger partial charge in [-0.3, -0.25) is 0 Å². The fourth-order valence-electron chi connectivity index (χ4n) is 2.50. The maximum Gasteiger partial charge on any atom is 0.0367 e. The molecule has 15 heavy (non-hydrogen) atoms. The van der Waals surface area contributed by atoms with Crippen molar-refractivity contribution in [1.82, 2.24) is 0 Å². The summed E-state index contributed by atoms with van der Waals surface area (Å²) in [4.78, 5) is 0.473. The molecule has 0 heterocycles. The molecular weight excluding hydrogens is 248 g/mol. The molecule has 0 bridgehead atoms. The summed E-state index contributed by atoms with van der Waals surface area (Å²) >= 11 is 3.64. The van der Waals surface area contributed by atoms with E-state index in [2.05, 4.69) is 47.1 Å². The molecule has 0 spiro atoms. The Morgan fingerprint density at radius 3 is 2.60 bits per heavy atom. The van der Waals surface area contributed by atoms with Gasteiger partial charge in [0.15, 0.2) is 0 Å². The van der Waals surface area contributed by atoms with Crippen LogP contribution in [-0.2, 0) is 0 Å². The van der Waals surface area contributed by atoms with Crippen LogP contribution in [-0.4, -0.2) is 0 Å². The molecule has 0 radical (unpaired) electrons. The maximum atomic E-state index is 3.64. The Kier molecular flexibility index (Phi) is 3.85. The first-order chi connectivity index (χ1) is 7.27. The molecule has 2 rings (SSSR count). The van der Waals surface area contributed by atoms with Crippen molar-refractivity contribution in [2.24, 2.45) is 0 Å².